The summed E-state index contributed by atoms with van der Waals surface area (Å²) in [6, 6.07) is 13.8. The first kappa shape index (κ1) is 16.5. The predicted octanol–water partition coefficient (Wildman–Crippen LogP) is 3.78. The molecule has 1 saturated heterocycles. The number of nitrogens with zero attached hydrogens (tertiary/aromatic N) is 1. The van der Waals surface area contributed by atoms with Crippen molar-refractivity contribution in [1.82, 2.24) is 4.90 Å². The second-order valence-electron chi connectivity index (χ2n) is 6.73. The van der Waals surface area contributed by atoms with E-state index in [1.807, 2.05) is 4.90 Å². The Morgan fingerprint density at radius 3 is 2.15 bits per heavy atom. The first-order valence-electron chi connectivity index (χ1n) is 8.94. The van der Waals surface area contributed by atoms with Crippen molar-refractivity contribution in [1.29, 1.82) is 0 Å². The van der Waals surface area contributed by atoms with E-state index < -0.39 is 0 Å². The Balaban J connectivity index is 1.60. The molecule has 2 aromatic carbocycles. The summed E-state index contributed by atoms with van der Waals surface area (Å²) in [6.07, 6.45) is 4.67. The molecule has 26 heavy (non-hydrogen) atoms. The lowest BCUT2D eigenvalue weighted by Crippen LogP contribution is -2.35. The highest BCUT2D eigenvalue weighted by Gasteiger charge is 2.26. The summed E-state index contributed by atoms with van der Waals surface area (Å²) in [5.41, 5.74) is 2.53. The average Bonchev–Trinajstić information content (AvgIpc) is 2.71. The summed E-state index contributed by atoms with van der Waals surface area (Å²) in [5, 5.41) is 0. The van der Waals surface area contributed by atoms with Gasteiger partial charge in [0.05, 0.1) is 0 Å². The molecule has 4 heteroatoms. The van der Waals surface area contributed by atoms with Crippen LogP contribution in [0.25, 0.3) is 5.57 Å². The van der Waals surface area contributed by atoms with Crippen LogP contribution in [0.5, 0.6) is 0 Å². The molecule has 1 fully saturated rings. The lowest BCUT2D eigenvalue weighted by Gasteiger charge is -2.26. The molecule has 4 rings (SSSR count). The molecule has 0 unspecified atom stereocenters. The summed E-state index contributed by atoms with van der Waals surface area (Å²) < 4.78 is 0. The maximum atomic E-state index is 12.7. The standard InChI is InChI=1S/C22H19NO3/c24-20-14-19(21(25)18-7-3-2-6-17(18)20)15-8-10-16(11-9-15)22(26)23-12-4-1-5-13-23/h2-3,6-11,14H,1,4-5,12-13H2. The zero-order chi connectivity index (χ0) is 18.1. The van der Waals surface area contributed by atoms with Crippen molar-refractivity contribution < 1.29 is 14.4 Å². The topological polar surface area (TPSA) is 54.5 Å². The fourth-order valence-corrected chi connectivity index (χ4v) is 3.60. The molecule has 1 aliphatic carbocycles. The van der Waals surface area contributed by atoms with E-state index in [1.54, 1.807) is 48.5 Å². The number of benzene rings is 2. The summed E-state index contributed by atoms with van der Waals surface area (Å²) in [6.45, 7) is 1.60. The molecular formula is C22H19NO3. The Bertz CT molecular complexity index is 919. The van der Waals surface area contributed by atoms with Gasteiger partial charge in [0, 0.05) is 35.4 Å². The van der Waals surface area contributed by atoms with Crippen LogP contribution in [0.2, 0.25) is 0 Å². The van der Waals surface area contributed by atoms with E-state index in [9.17, 15) is 14.4 Å². The van der Waals surface area contributed by atoms with Crippen LogP contribution >= 0.6 is 0 Å². The number of ketones is 2. The number of carbonyl (C=O) groups is 3. The van der Waals surface area contributed by atoms with Crippen molar-refractivity contribution in [2.45, 2.75) is 19.3 Å². The third-order valence-electron chi connectivity index (χ3n) is 5.04. The molecule has 0 radical (unpaired) electrons. The monoisotopic (exact) mass is 345 g/mol. The molecule has 1 amide bonds. The summed E-state index contributed by atoms with van der Waals surface area (Å²) >= 11 is 0. The second-order valence-corrected chi connectivity index (χ2v) is 6.73. The summed E-state index contributed by atoms with van der Waals surface area (Å²) in [5.74, 6) is -0.291. The van der Waals surface area contributed by atoms with Crippen LogP contribution in [0.4, 0.5) is 0 Å². The Morgan fingerprint density at radius 2 is 1.46 bits per heavy atom. The fourth-order valence-electron chi connectivity index (χ4n) is 3.60. The molecule has 2 aromatic rings. The largest absolute Gasteiger partial charge is 0.339 e. The SMILES string of the molecule is O=C1C=C(c2ccc(C(=O)N3CCCCC3)cc2)C(=O)c2ccccc21. The van der Waals surface area contributed by atoms with E-state index in [2.05, 4.69) is 0 Å². The smallest absolute Gasteiger partial charge is 0.253 e. The van der Waals surface area contributed by atoms with E-state index in [1.165, 1.54) is 12.5 Å². The van der Waals surface area contributed by atoms with Gasteiger partial charge in [-0.1, -0.05) is 36.4 Å². The molecule has 0 saturated carbocycles. The van der Waals surface area contributed by atoms with Crippen molar-refractivity contribution in [2.24, 2.45) is 0 Å². The van der Waals surface area contributed by atoms with Crippen LogP contribution in [0, 0.1) is 0 Å². The van der Waals surface area contributed by atoms with Crippen molar-refractivity contribution in [3.8, 4) is 0 Å². The third kappa shape index (κ3) is 2.88. The second kappa shape index (κ2) is 6.71. The highest BCUT2D eigenvalue weighted by molar-refractivity contribution is 6.38. The zero-order valence-electron chi connectivity index (χ0n) is 14.4. The third-order valence-corrected chi connectivity index (χ3v) is 5.04. The Hall–Kier alpha value is -3.01. The molecule has 2 aliphatic rings. The van der Waals surface area contributed by atoms with Gasteiger partial charge in [-0.25, -0.2) is 0 Å². The van der Waals surface area contributed by atoms with Crippen LogP contribution in [0.3, 0.4) is 0 Å². The number of amides is 1. The van der Waals surface area contributed by atoms with E-state index in [0.717, 1.165) is 25.9 Å². The van der Waals surface area contributed by atoms with Crippen molar-refractivity contribution in [3.63, 3.8) is 0 Å². The van der Waals surface area contributed by atoms with E-state index in [0.29, 0.717) is 27.8 Å². The minimum Gasteiger partial charge on any atom is -0.339 e. The van der Waals surface area contributed by atoms with Crippen LogP contribution in [-0.2, 0) is 0 Å². The molecular weight excluding hydrogens is 326 g/mol. The number of piperidine rings is 1. The number of carbonyl (C=O) groups excluding carboxylic acids is 3. The molecule has 0 bridgehead atoms. The minimum absolute atomic E-state index is 0.0293. The summed E-state index contributed by atoms with van der Waals surface area (Å²) in [7, 11) is 0. The molecule has 1 aliphatic heterocycles. The number of hydrogen-bond donors (Lipinski definition) is 0. The molecule has 4 nitrogen and oxygen atoms in total. The number of likely N-dealkylation sites (tertiary alicyclic amines) is 1. The van der Waals surface area contributed by atoms with Crippen LogP contribution in [0.15, 0.2) is 54.6 Å². The van der Waals surface area contributed by atoms with Gasteiger partial charge in [0.2, 0.25) is 0 Å². The number of hydrogen-bond acceptors (Lipinski definition) is 3. The maximum Gasteiger partial charge on any atom is 0.253 e. The predicted molar refractivity (Wildman–Crippen MR) is 99.3 cm³/mol. The zero-order valence-corrected chi connectivity index (χ0v) is 14.4. The van der Waals surface area contributed by atoms with Gasteiger partial charge >= 0.3 is 0 Å². The highest BCUT2D eigenvalue weighted by Crippen LogP contribution is 2.28. The lowest BCUT2D eigenvalue weighted by atomic mass is 9.86. The Kier molecular flexibility index (Phi) is 4.25. The molecule has 1 heterocycles. The highest BCUT2D eigenvalue weighted by atomic mass is 16.2. The van der Waals surface area contributed by atoms with Crippen LogP contribution < -0.4 is 0 Å². The van der Waals surface area contributed by atoms with Gasteiger partial charge in [-0.15, -0.1) is 0 Å². The molecule has 0 atom stereocenters. The van der Waals surface area contributed by atoms with Gasteiger partial charge < -0.3 is 4.90 Å². The van der Waals surface area contributed by atoms with E-state index in [-0.39, 0.29) is 17.5 Å². The van der Waals surface area contributed by atoms with Gasteiger partial charge in [0.1, 0.15) is 0 Å². The first-order valence-corrected chi connectivity index (χ1v) is 8.94. The van der Waals surface area contributed by atoms with Crippen molar-refractivity contribution in [2.75, 3.05) is 13.1 Å². The van der Waals surface area contributed by atoms with Gasteiger partial charge in [-0.3, -0.25) is 14.4 Å². The van der Waals surface area contributed by atoms with Crippen molar-refractivity contribution in [3.05, 3.63) is 76.9 Å². The molecule has 0 aromatic heterocycles. The quantitative estimate of drug-likeness (QED) is 0.832. The summed E-state index contributed by atoms with van der Waals surface area (Å²) in [4.78, 5) is 39.5. The van der Waals surface area contributed by atoms with Gasteiger partial charge in [0.25, 0.3) is 5.91 Å². The average molecular weight is 345 g/mol. The number of rotatable bonds is 2. The van der Waals surface area contributed by atoms with E-state index >= 15 is 0 Å². The first-order chi connectivity index (χ1) is 12.6. The van der Waals surface area contributed by atoms with Gasteiger partial charge in [0.15, 0.2) is 11.6 Å². The van der Waals surface area contributed by atoms with Gasteiger partial charge in [-0.2, -0.15) is 0 Å². The Labute approximate surface area is 152 Å². The number of allylic oxidation sites excluding steroid dienone is 2. The van der Waals surface area contributed by atoms with Crippen LogP contribution in [0.1, 0.15) is 55.9 Å². The molecule has 0 N–H and O–H groups in total. The number of fused-ring (bicyclic) bond motifs is 1. The molecule has 0 spiro atoms. The lowest BCUT2D eigenvalue weighted by molar-refractivity contribution is 0.0724. The van der Waals surface area contributed by atoms with Crippen LogP contribution in [-0.4, -0.2) is 35.5 Å². The van der Waals surface area contributed by atoms with E-state index in [4.69, 9.17) is 0 Å². The van der Waals surface area contributed by atoms with Gasteiger partial charge in [-0.05, 0) is 43.0 Å². The normalized spacial score (nSPS) is 16.9. The maximum absolute atomic E-state index is 12.7. The fraction of sp³-hybridized carbons (Fsp3) is 0.227. The Morgan fingerprint density at radius 1 is 0.808 bits per heavy atom. The minimum atomic E-state index is -0.163. The molecule has 130 valence electrons. The van der Waals surface area contributed by atoms with Crippen molar-refractivity contribution >= 4 is 23.0 Å². The number of Topliss-reactive ketones (excluding diaryl/α,β-unsaturated/α-hetero) is 1.